The largest absolute Gasteiger partial charge is 0.454 e. The van der Waals surface area contributed by atoms with Gasteiger partial charge in [0.2, 0.25) is 6.79 Å². The molecule has 2 aliphatic rings. The monoisotopic (exact) mass is 404 g/mol. The van der Waals surface area contributed by atoms with E-state index in [1.807, 2.05) is 41.6 Å². The fourth-order valence-corrected chi connectivity index (χ4v) is 3.52. The van der Waals surface area contributed by atoms with Crippen LogP contribution in [0.2, 0.25) is 0 Å². The molecule has 0 spiro atoms. The molecule has 2 aromatic rings. The predicted octanol–water partition coefficient (Wildman–Crippen LogP) is 3.75. The minimum Gasteiger partial charge on any atom is -0.454 e. The molecule has 1 amide bonds. The van der Waals surface area contributed by atoms with Gasteiger partial charge in [-0.2, -0.15) is 0 Å². The van der Waals surface area contributed by atoms with Crippen LogP contribution in [0.3, 0.4) is 0 Å². The summed E-state index contributed by atoms with van der Waals surface area (Å²) in [6, 6.07) is 14.6. The third-order valence-electron chi connectivity index (χ3n) is 5.38. The highest BCUT2D eigenvalue weighted by Crippen LogP contribution is 2.33. The smallest absolute Gasteiger partial charge is 0.251 e. The summed E-state index contributed by atoms with van der Waals surface area (Å²) >= 11 is 0. The Bertz CT molecular complexity index is 1010. The maximum atomic E-state index is 13.1. The van der Waals surface area contributed by atoms with Gasteiger partial charge >= 0.3 is 0 Å². The van der Waals surface area contributed by atoms with Gasteiger partial charge in [-0.05, 0) is 37.1 Å². The summed E-state index contributed by atoms with van der Waals surface area (Å²) in [4.78, 5) is 29.5. The van der Waals surface area contributed by atoms with Gasteiger partial charge < -0.3 is 19.3 Å². The Hall–Kier alpha value is -3.54. The molecule has 6 nitrogen and oxygen atoms in total. The number of ether oxygens (including phenoxy) is 2. The fraction of sp³-hybridized carbons (Fsp3) is 0.250. The lowest BCUT2D eigenvalue weighted by atomic mass is 10.0. The molecule has 0 bridgehead atoms. The molecule has 30 heavy (non-hydrogen) atoms. The Morgan fingerprint density at radius 3 is 2.67 bits per heavy atom. The highest BCUT2D eigenvalue weighted by atomic mass is 16.7. The van der Waals surface area contributed by atoms with Crippen molar-refractivity contribution in [1.82, 2.24) is 9.80 Å². The average Bonchev–Trinajstić information content (AvgIpc) is 3.26. The molecule has 0 unspecified atom stereocenters. The lowest BCUT2D eigenvalue weighted by molar-refractivity contribution is -0.127. The molecule has 0 aliphatic carbocycles. The second-order valence-electron chi connectivity index (χ2n) is 7.43. The maximum absolute atomic E-state index is 13.1. The van der Waals surface area contributed by atoms with Crippen LogP contribution in [0.5, 0.6) is 11.5 Å². The lowest BCUT2D eigenvalue weighted by Gasteiger charge is -2.27. The number of Topliss-reactive ketones (excluding diaryl/α,β-unsaturated/α-hetero) is 1. The maximum Gasteiger partial charge on any atom is 0.251 e. The van der Waals surface area contributed by atoms with Crippen LogP contribution >= 0.6 is 0 Å². The topological polar surface area (TPSA) is 59.1 Å². The van der Waals surface area contributed by atoms with Gasteiger partial charge in [0.15, 0.2) is 17.3 Å². The Kier molecular flexibility index (Phi) is 5.57. The Morgan fingerprint density at radius 1 is 1.10 bits per heavy atom. The Morgan fingerprint density at radius 2 is 1.87 bits per heavy atom. The number of carbonyl (C=O) groups excluding carboxylic acids is 2. The number of benzene rings is 2. The second kappa shape index (κ2) is 8.45. The zero-order valence-corrected chi connectivity index (χ0v) is 17.1. The van der Waals surface area contributed by atoms with E-state index < -0.39 is 6.04 Å². The summed E-state index contributed by atoms with van der Waals surface area (Å²) < 4.78 is 10.7. The zero-order valence-electron chi connectivity index (χ0n) is 17.1. The predicted molar refractivity (Wildman–Crippen MR) is 113 cm³/mol. The molecule has 2 aliphatic heterocycles. The number of allylic oxidation sites excluding steroid dienone is 1. The van der Waals surface area contributed by atoms with Crippen LogP contribution in [-0.2, 0) is 11.3 Å². The van der Waals surface area contributed by atoms with Crippen molar-refractivity contribution in [2.75, 3.05) is 13.8 Å². The molecular weight excluding hydrogens is 380 g/mol. The van der Waals surface area contributed by atoms with Crippen LogP contribution in [0.1, 0.15) is 29.3 Å². The number of rotatable bonds is 6. The molecular formula is C24H24N2O4. The Balaban J connectivity index is 1.45. The third-order valence-corrected chi connectivity index (χ3v) is 5.38. The van der Waals surface area contributed by atoms with Crippen LogP contribution in [-0.4, -0.2) is 41.4 Å². The van der Waals surface area contributed by atoms with Crippen LogP contribution in [0.25, 0.3) is 0 Å². The summed E-state index contributed by atoms with van der Waals surface area (Å²) in [5.41, 5.74) is 2.31. The summed E-state index contributed by atoms with van der Waals surface area (Å²) in [5, 5.41) is 0. The van der Waals surface area contributed by atoms with E-state index in [0.29, 0.717) is 35.6 Å². The minimum absolute atomic E-state index is 0.141. The standard InChI is InChI=1S/C24H24N2O4/c1-17(23(27)19-10-11-21-22(13-19)30-16-29-21)25(2)24(28)20-9-6-12-26(15-20)14-18-7-4-3-5-8-18/h3-8,10-13,15,17H,9,14,16H2,1-2H3/t17-/m0/s1. The van der Waals surface area contributed by atoms with E-state index in [0.717, 1.165) is 5.56 Å². The molecule has 2 aromatic carbocycles. The number of nitrogens with zero attached hydrogens (tertiary/aromatic N) is 2. The fourth-order valence-electron chi connectivity index (χ4n) is 3.52. The summed E-state index contributed by atoms with van der Waals surface area (Å²) in [7, 11) is 1.67. The molecule has 0 aromatic heterocycles. The molecule has 4 rings (SSSR count). The first-order valence-electron chi connectivity index (χ1n) is 9.91. The summed E-state index contributed by atoms with van der Waals surface area (Å²) in [6.45, 7) is 2.58. The van der Waals surface area contributed by atoms with E-state index in [9.17, 15) is 9.59 Å². The van der Waals surface area contributed by atoms with Gasteiger partial charge in [-0.15, -0.1) is 0 Å². The van der Waals surface area contributed by atoms with Crippen molar-refractivity contribution >= 4 is 11.7 Å². The van der Waals surface area contributed by atoms with Crippen molar-refractivity contribution in [3.8, 4) is 11.5 Å². The number of carbonyl (C=O) groups is 2. The number of fused-ring (bicyclic) bond motifs is 1. The van der Waals surface area contributed by atoms with Gasteiger partial charge in [0.05, 0.1) is 6.04 Å². The van der Waals surface area contributed by atoms with Crippen molar-refractivity contribution < 1.29 is 19.1 Å². The molecule has 154 valence electrons. The lowest BCUT2D eigenvalue weighted by Crippen LogP contribution is -2.41. The average molecular weight is 404 g/mol. The van der Waals surface area contributed by atoms with E-state index in [1.54, 1.807) is 32.2 Å². The van der Waals surface area contributed by atoms with E-state index in [1.165, 1.54) is 4.90 Å². The first-order valence-corrected chi connectivity index (χ1v) is 9.91. The zero-order chi connectivity index (χ0) is 21.1. The first-order chi connectivity index (χ1) is 14.5. The van der Waals surface area contributed by atoms with Gasteiger partial charge in [-0.25, -0.2) is 0 Å². The number of amides is 1. The SMILES string of the molecule is C[C@@H](C(=O)c1ccc2c(c1)OCO2)N(C)C(=O)C1=CN(Cc2ccccc2)C=CC1. The normalized spacial score (nSPS) is 15.5. The molecule has 0 N–H and O–H groups in total. The van der Waals surface area contributed by atoms with Gasteiger partial charge in [0, 0.05) is 37.1 Å². The minimum atomic E-state index is -0.604. The molecule has 2 heterocycles. The van der Waals surface area contributed by atoms with Crippen LogP contribution in [0, 0.1) is 0 Å². The highest BCUT2D eigenvalue weighted by Gasteiger charge is 2.27. The third kappa shape index (κ3) is 4.08. The van der Waals surface area contributed by atoms with Gasteiger partial charge in [-0.1, -0.05) is 36.4 Å². The van der Waals surface area contributed by atoms with Gasteiger partial charge in [0.1, 0.15) is 0 Å². The Labute approximate surface area is 176 Å². The van der Waals surface area contributed by atoms with E-state index >= 15 is 0 Å². The number of ketones is 1. The van der Waals surface area contributed by atoms with Crippen molar-refractivity contribution in [3.63, 3.8) is 0 Å². The quantitative estimate of drug-likeness (QED) is 0.687. The van der Waals surface area contributed by atoms with Crippen molar-refractivity contribution in [2.45, 2.75) is 25.9 Å². The molecule has 1 atom stereocenters. The molecule has 0 radical (unpaired) electrons. The van der Waals surface area contributed by atoms with Crippen LogP contribution in [0.4, 0.5) is 0 Å². The second-order valence-corrected chi connectivity index (χ2v) is 7.43. The van der Waals surface area contributed by atoms with Crippen molar-refractivity contribution in [2.24, 2.45) is 0 Å². The molecule has 0 saturated heterocycles. The first kappa shape index (κ1) is 19.8. The summed E-state index contributed by atoms with van der Waals surface area (Å²) in [5.74, 6) is 0.885. The molecule has 6 heteroatoms. The highest BCUT2D eigenvalue weighted by molar-refractivity contribution is 6.04. The van der Waals surface area contributed by atoms with Gasteiger partial charge in [0.25, 0.3) is 5.91 Å². The van der Waals surface area contributed by atoms with Gasteiger partial charge in [-0.3, -0.25) is 9.59 Å². The molecule has 0 fully saturated rings. The van der Waals surface area contributed by atoms with Crippen molar-refractivity contribution in [3.05, 3.63) is 83.7 Å². The van der Waals surface area contributed by atoms with E-state index in [-0.39, 0.29) is 18.5 Å². The summed E-state index contributed by atoms with van der Waals surface area (Å²) in [6.07, 6.45) is 6.35. The number of likely N-dealkylation sites (N-methyl/N-ethyl adjacent to an activating group) is 1. The van der Waals surface area contributed by atoms with Crippen molar-refractivity contribution in [1.29, 1.82) is 0 Å². The van der Waals surface area contributed by atoms with E-state index in [2.05, 4.69) is 12.1 Å². The number of hydrogen-bond acceptors (Lipinski definition) is 5. The van der Waals surface area contributed by atoms with Crippen LogP contribution in [0.15, 0.2) is 72.6 Å². The van der Waals surface area contributed by atoms with E-state index in [4.69, 9.17) is 9.47 Å². The number of hydrogen-bond donors (Lipinski definition) is 0. The van der Waals surface area contributed by atoms with Crippen LogP contribution < -0.4 is 9.47 Å². The molecule has 0 saturated carbocycles.